The molecule has 2 aromatic rings. The molecule has 5 heteroatoms. The first kappa shape index (κ1) is 12.3. The summed E-state index contributed by atoms with van der Waals surface area (Å²) < 4.78 is 1.90. The molecular weight excluding hydrogens is 232 g/mol. The summed E-state index contributed by atoms with van der Waals surface area (Å²) in [6.45, 7) is 6.09. The fraction of sp³-hybridized carbons (Fsp3) is 0.500. The van der Waals surface area contributed by atoms with Crippen LogP contribution in [0.5, 0.6) is 0 Å². The highest BCUT2D eigenvalue weighted by Crippen LogP contribution is 2.27. The Hall–Kier alpha value is -1.20. The molecule has 1 atom stereocenters. The van der Waals surface area contributed by atoms with Gasteiger partial charge in [-0.1, -0.05) is 0 Å². The van der Waals surface area contributed by atoms with E-state index in [2.05, 4.69) is 22.4 Å². The van der Waals surface area contributed by atoms with E-state index in [4.69, 9.17) is 5.73 Å². The van der Waals surface area contributed by atoms with E-state index in [1.54, 1.807) is 11.3 Å². The van der Waals surface area contributed by atoms with E-state index in [-0.39, 0.29) is 6.04 Å². The Bertz CT molecular complexity index is 525. The Balaban J connectivity index is 2.37. The summed E-state index contributed by atoms with van der Waals surface area (Å²) >= 11 is 1.67. The average Bonchev–Trinajstić information content (AvgIpc) is 2.73. The molecule has 0 aliphatic rings. The van der Waals surface area contributed by atoms with Crippen molar-refractivity contribution in [1.82, 2.24) is 14.8 Å². The van der Waals surface area contributed by atoms with E-state index >= 15 is 0 Å². The second-order valence-corrected chi connectivity index (χ2v) is 5.42. The van der Waals surface area contributed by atoms with E-state index in [1.165, 1.54) is 0 Å². The predicted octanol–water partition coefficient (Wildman–Crippen LogP) is 2.05. The summed E-state index contributed by atoms with van der Waals surface area (Å²) in [6.07, 6.45) is 0.836. The standard InChI is InChI=1S/C12H18N4S/c1-7(13)5-11-14-10(6-17-11)12-8(2)15-16(4)9(12)3/h6-7H,5,13H2,1-4H3. The lowest BCUT2D eigenvalue weighted by atomic mass is 10.1. The van der Waals surface area contributed by atoms with Crippen molar-refractivity contribution in [1.29, 1.82) is 0 Å². The summed E-state index contributed by atoms with van der Waals surface area (Å²) in [6, 6.07) is 0.157. The van der Waals surface area contributed by atoms with E-state index in [1.807, 2.05) is 25.6 Å². The van der Waals surface area contributed by atoms with Crippen LogP contribution in [0, 0.1) is 13.8 Å². The third-order valence-corrected chi connectivity index (χ3v) is 3.68. The molecule has 0 fully saturated rings. The molecule has 0 aromatic carbocycles. The van der Waals surface area contributed by atoms with Crippen LogP contribution in [-0.4, -0.2) is 20.8 Å². The fourth-order valence-corrected chi connectivity index (χ4v) is 2.87. The molecule has 2 aromatic heterocycles. The van der Waals surface area contributed by atoms with Crippen LogP contribution in [0.3, 0.4) is 0 Å². The number of thiazole rings is 1. The van der Waals surface area contributed by atoms with E-state index in [9.17, 15) is 0 Å². The second kappa shape index (κ2) is 4.58. The molecule has 0 radical (unpaired) electrons. The van der Waals surface area contributed by atoms with Crippen molar-refractivity contribution in [2.45, 2.75) is 33.2 Å². The summed E-state index contributed by atoms with van der Waals surface area (Å²) in [5.41, 5.74) is 10.1. The minimum absolute atomic E-state index is 0.157. The molecule has 0 saturated carbocycles. The third-order valence-electron chi connectivity index (χ3n) is 2.81. The number of hydrogen-bond acceptors (Lipinski definition) is 4. The van der Waals surface area contributed by atoms with Crippen LogP contribution >= 0.6 is 11.3 Å². The van der Waals surface area contributed by atoms with E-state index < -0.39 is 0 Å². The van der Waals surface area contributed by atoms with Gasteiger partial charge in [-0.3, -0.25) is 4.68 Å². The van der Waals surface area contributed by atoms with Gasteiger partial charge in [0.2, 0.25) is 0 Å². The normalized spacial score (nSPS) is 13.0. The number of aromatic nitrogens is 3. The number of aryl methyl sites for hydroxylation is 2. The first-order valence-electron chi connectivity index (χ1n) is 5.69. The maximum atomic E-state index is 5.79. The zero-order chi connectivity index (χ0) is 12.6. The van der Waals surface area contributed by atoms with Crippen molar-refractivity contribution in [3.63, 3.8) is 0 Å². The van der Waals surface area contributed by atoms with Crippen LogP contribution in [0.15, 0.2) is 5.38 Å². The van der Waals surface area contributed by atoms with Gasteiger partial charge in [-0.15, -0.1) is 11.3 Å². The maximum Gasteiger partial charge on any atom is 0.0947 e. The summed E-state index contributed by atoms with van der Waals surface area (Å²) in [7, 11) is 1.96. The Labute approximate surface area is 105 Å². The fourth-order valence-electron chi connectivity index (χ4n) is 1.94. The van der Waals surface area contributed by atoms with Gasteiger partial charge in [0, 0.05) is 36.1 Å². The zero-order valence-electron chi connectivity index (χ0n) is 10.7. The minimum Gasteiger partial charge on any atom is -0.328 e. The van der Waals surface area contributed by atoms with Crippen molar-refractivity contribution < 1.29 is 0 Å². The van der Waals surface area contributed by atoms with Crippen LogP contribution in [0.2, 0.25) is 0 Å². The molecule has 4 nitrogen and oxygen atoms in total. The molecule has 2 rings (SSSR count). The maximum absolute atomic E-state index is 5.79. The molecular formula is C12H18N4S. The van der Waals surface area contributed by atoms with Gasteiger partial charge >= 0.3 is 0 Å². The smallest absolute Gasteiger partial charge is 0.0947 e. The van der Waals surface area contributed by atoms with Crippen LogP contribution < -0.4 is 5.73 Å². The SMILES string of the molecule is Cc1nn(C)c(C)c1-c1csc(CC(C)N)n1. The van der Waals surface area contributed by atoms with Gasteiger partial charge in [-0.05, 0) is 20.8 Å². The average molecular weight is 250 g/mol. The molecule has 0 saturated heterocycles. The van der Waals surface area contributed by atoms with Crippen molar-refractivity contribution in [3.8, 4) is 11.3 Å². The van der Waals surface area contributed by atoms with Gasteiger partial charge in [0.1, 0.15) is 0 Å². The zero-order valence-corrected chi connectivity index (χ0v) is 11.5. The van der Waals surface area contributed by atoms with Gasteiger partial charge in [0.05, 0.1) is 16.4 Å². The van der Waals surface area contributed by atoms with Crippen molar-refractivity contribution in [3.05, 3.63) is 21.8 Å². The molecule has 92 valence electrons. The van der Waals surface area contributed by atoms with Gasteiger partial charge in [0.25, 0.3) is 0 Å². The summed E-state index contributed by atoms with van der Waals surface area (Å²) in [5.74, 6) is 0. The van der Waals surface area contributed by atoms with E-state index in [0.717, 1.165) is 34.1 Å². The highest BCUT2D eigenvalue weighted by molar-refractivity contribution is 7.09. The number of nitrogens with two attached hydrogens (primary N) is 1. The van der Waals surface area contributed by atoms with Crippen LogP contribution in [0.1, 0.15) is 23.3 Å². The van der Waals surface area contributed by atoms with Crippen LogP contribution in [0.4, 0.5) is 0 Å². The third kappa shape index (κ3) is 2.40. The molecule has 0 bridgehead atoms. The monoisotopic (exact) mass is 250 g/mol. The Kier molecular flexibility index (Phi) is 3.31. The number of hydrogen-bond donors (Lipinski definition) is 1. The molecule has 0 amide bonds. The van der Waals surface area contributed by atoms with Gasteiger partial charge in [-0.2, -0.15) is 5.10 Å². The highest BCUT2D eigenvalue weighted by atomic mass is 32.1. The molecule has 2 N–H and O–H groups in total. The minimum atomic E-state index is 0.157. The lowest BCUT2D eigenvalue weighted by Gasteiger charge is -2.00. The van der Waals surface area contributed by atoms with Gasteiger partial charge in [0.15, 0.2) is 0 Å². The van der Waals surface area contributed by atoms with Crippen molar-refractivity contribution in [2.75, 3.05) is 0 Å². The number of nitrogens with zero attached hydrogens (tertiary/aromatic N) is 3. The Morgan fingerprint density at radius 2 is 2.18 bits per heavy atom. The first-order valence-corrected chi connectivity index (χ1v) is 6.57. The summed E-state index contributed by atoms with van der Waals surface area (Å²) in [5, 5.41) is 7.60. The molecule has 0 aliphatic carbocycles. The summed E-state index contributed by atoms with van der Waals surface area (Å²) in [4.78, 5) is 4.64. The molecule has 2 heterocycles. The Morgan fingerprint density at radius 1 is 1.47 bits per heavy atom. The van der Waals surface area contributed by atoms with Gasteiger partial charge in [-0.25, -0.2) is 4.98 Å². The van der Waals surface area contributed by atoms with Crippen molar-refractivity contribution in [2.24, 2.45) is 12.8 Å². The second-order valence-electron chi connectivity index (χ2n) is 4.48. The topological polar surface area (TPSA) is 56.7 Å². The van der Waals surface area contributed by atoms with Crippen LogP contribution in [-0.2, 0) is 13.5 Å². The largest absolute Gasteiger partial charge is 0.328 e. The molecule has 1 unspecified atom stereocenters. The van der Waals surface area contributed by atoms with Gasteiger partial charge < -0.3 is 5.73 Å². The quantitative estimate of drug-likeness (QED) is 0.907. The Morgan fingerprint density at radius 3 is 2.71 bits per heavy atom. The lowest BCUT2D eigenvalue weighted by Crippen LogP contribution is -2.17. The highest BCUT2D eigenvalue weighted by Gasteiger charge is 2.14. The van der Waals surface area contributed by atoms with Crippen LogP contribution in [0.25, 0.3) is 11.3 Å². The van der Waals surface area contributed by atoms with Crippen molar-refractivity contribution >= 4 is 11.3 Å². The lowest BCUT2D eigenvalue weighted by molar-refractivity contribution is 0.731. The molecule has 17 heavy (non-hydrogen) atoms. The molecule has 0 aliphatic heterocycles. The van der Waals surface area contributed by atoms with E-state index in [0.29, 0.717) is 0 Å². The molecule has 0 spiro atoms. The number of rotatable bonds is 3. The predicted molar refractivity (Wildman–Crippen MR) is 71.1 cm³/mol. The first-order chi connectivity index (χ1) is 7.99.